The van der Waals surface area contributed by atoms with Crippen molar-refractivity contribution in [3.05, 3.63) is 0 Å². The average Bonchev–Trinajstić information content (AvgIpc) is 0.811. The third-order valence-electron chi connectivity index (χ3n) is 0. The molecule has 0 atom stereocenters. The topological polar surface area (TPSA) is 183 Å². The van der Waals surface area contributed by atoms with Gasteiger partial charge >= 0.3 is 63.9 Å². The number of hydrogen-bond donors (Lipinski definition) is 0. The molecule has 0 aliphatic rings. The zero-order chi connectivity index (χ0) is 3.58. The van der Waals surface area contributed by atoms with Crippen molar-refractivity contribution in [1.82, 2.24) is 0 Å². The summed E-state index contributed by atoms with van der Waals surface area (Å²) in [5.74, 6) is 0. The van der Waals surface area contributed by atoms with E-state index in [0.717, 1.165) is 0 Å². The second kappa shape index (κ2) is 72.1. The van der Waals surface area contributed by atoms with Crippen molar-refractivity contribution in [3.63, 3.8) is 0 Å². The monoisotopic (exact) mass is 296 g/mol. The standard InChI is InChI=1S/2Li.O3Si.4H2O.Ti.Zr/c;;1-4(2)3;;;;;;/h;;;4*1H2;;/q2*+1;-2;;;;;;+2/p-4. The number of hydrogen-bond acceptors (Lipinski definition) is 7. The predicted octanol–water partition coefficient (Wildman–Crippen LogP) is -9.58. The van der Waals surface area contributed by atoms with Crippen molar-refractivity contribution < 1.29 is 122 Å². The van der Waals surface area contributed by atoms with Crippen LogP contribution in [0.4, 0.5) is 0 Å². The largest absolute Gasteiger partial charge is 2.00 e. The molecule has 0 rings (SSSR count). The molecule has 0 aromatic heterocycles. The molecule has 0 unspecified atom stereocenters. The first-order chi connectivity index (χ1) is 1.73. The van der Waals surface area contributed by atoms with E-state index in [0.29, 0.717) is 0 Å². The van der Waals surface area contributed by atoms with Crippen LogP contribution in [0.1, 0.15) is 0 Å². The normalized spacial score (nSPS) is 2.00. The second-order valence-electron chi connectivity index (χ2n) is 0.250. The Morgan fingerprint density at radius 2 is 0.833 bits per heavy atom. The molecule has 0 saturated heterocycles. The van der Waals surface area contributed by atoms with Crippen LogP contribution in [0.15, 0.2) is 0 Å². The maximum atomic E-state index is 8.52. The number of rotatable bonds is 0. The van der Waals surface area contributed by atoms with Crippen molar-refractivity contribution in [2.75, 3.05) is 0 Å². The predicted molar refractivity (Wildman–Crippen MR) is 14.2 cm³/mol. The van der Waals surface area contributed by atoms with E-state index >= 15 is 0 Å². The van der Waals surface area contributed by atoms with Crippen molar-refractivity contribution in [2.45, 2.75) is 0 Å². The Labute approximate surface area is 129 Å². The molecule has 0 amide bonds. The van der Waals surface area contributed by atoms with Crippen LogP contribution in [-0.2, 0) is 52.4 Å². The van der Waals surface area contributed by atoms with Crippen molar-refractivity contribution in [3.8, 4) is 0 Å². The quantitative estimate of drug-likeness (QED) is 0.397. The van der Waals surface area contributed by atoms with Crippen LogP contribution in [0.5, 0.6) is 0 Å². The van der Waals surface area contributed by atoms with E-state index in [1.54, 1.807) is 0 Å². The molecule has 0 radical (unpaired) electrons. The molecule has 7 nitrogen and oxygen atoms in total. The molecule has 0 aliphatic carbocycles. The Morgan fingerprint density at radius 3 is 0.833 bits per heavy atom. The minimum absolute atomic E-state index is 0. The maximum Gasteiger partial charge on any atom is 2.00 e. The molecule has 4 N–H and O–H groups in total. The van der Waals surface area contributed by atoms with E-state index in [1.165, 1.54) is 0 Å². The minimum atomic E-state index is -3.63. The molecule has 0 bridgehead atoms. The molecular weight excluding hydrogens is 293 g/mol. The third-order valence-corrected chi connectivity index (χ3v) is 0. The van der Waals surface area contributed by atoms with Gasteiger partial charge in [-0.1, -0.05) is 0 Å². The molecule has 0 saturated carbocycles. The molecule has 0 heterocycles. The Balaban J connectivity index is -0.00000000161. The van der Waals surface area contributed by atoms with E-state index in [4.69, 9.17) is 14.1 Å². The minimum Gasteiger partial charge on any atom is -0.870 e. The van der Waals surface area contributed by atoms with Crippen molar-refractivity contribution in [2.24, 2.45) is 0 Å². The van der Waals surface area contributed by atoms with Crippen LogP contribution in [0, 0.1) is 0 Å². The van der Waals surface area contributed by atoms with Gasteiger partial charge in [-0.3, -0.25) is 0 Å². The van der Waals surface area contributed by atoms with E-state index in [9.17, 15) is 0 Å². The van der Waals surface area contributed by atoms with Gasteiger partial charge in [0.25, 0.3) is 0 Å². The molecular formula is H4Li2O7SiTiZr-2. The van der Waals surface area contributed by atoms with Crippen LogP contribution in [-0.4, -0.2) is 31.1 Å². The SMILES string of the molecule is O=[Si]([O-])[O-].[Li+].[Li+].[OH-].[OH-].[OH-].[OH-].[Ti].[Zr+2]. The first kappa shape index (κ1) is 90.8. The molecule has 0 spiro atoms. The molecule has 0 aromatic carbocycles. The summed E-state index contributed by atoms with van der Waals surface area (Å²) < 4.78 is 8.52. The zero-order valence-corrected chi connectivity index (χ0v) is 11.5. The molecule has 62 valence electrons. The van der Waals surface area contributed by atoms with Gasteiger partial charge in [0, 0.05) is 30.9 Å². The van der Waals surface area contributed by atoms with Gasteiger partial charge in [0.1, 0.15) is 0 Å². The summed E-state index contributed by atoms with van der Waals surface area (Å²) in [5, 5.41) is 0. The van der Waals surface area contributed by atoms with Gasteiger partial charge in [-0.15, -0.1) is 0 Å². The third kappa shape index (κ3) is 306. The molecule has 0 aromatic rings. The summed E-state index contributed by atoms with van der Waals surface area (Å²) in [5.41, 5.74) is 0. The summed E-state index contributed by atoms with van der Waals surface area (Å²) in [4.78, 5) is 17.0. The fourth-order valence-electron chi connectivity index (χ4n) is 0. The van der Waals surface area contributed by atoms with Crippen LogP contribution in [0.3, 0.4) is 0 Å². The van der Waals surface area contributed by atoms with Gasteiger partial charge in [0.2, 0.25) is 0 Å². The van der Waals surface area contributed by atoms with E-state index in [1.807, 2.05) is 0 Å². The summed E-state index contributed by atoms with van der Waals surface area (Å²) in [7, 11) is -3.63. The van der Waals surface area contributed by atoms with Crippen molar-refractivity contribution >= 4 is 9.17 Å². The Bertz CT molecular complexity index is 44.4. The van der Waals surface area contributed by atoms with Crippen LogP contribution >= 0.6 is 0 Å². The van der Waals surface area contributed by atoms with Gasteiger partial charge in [-0.2, -0.15) is 0 Å². The van der Waals surface area contributed by atoms with Gasteiger partial charge in [0.05, 0.1) is 0 Å². The fraction of sp³-hybridized carbons (Fsp3) is 0. The Morgan fingerprint density at radius 1 is 0.833 bits per heavy atom. The smallest absolute Gasteiger partial charge is 0.870 e. The molecule has 12 heavy (non-hydrogen) atoms. The zero-order valence-electron chi connectivity index (χ0n) is 6.51. The molecule has 12 heteroatoms. The first-order valence-corrected chi connectivity index (χ1v) is 1.84. The summed E-state index contributed by atoms with van der Waals surface area (Å²) >= 11 is 0. The summed E-state index contributed by atoms with van der Waals surface area (Å²) in [6.45, 7) is 0. The van der Waals surface area contributed by atoms with Gasteiger partial charge in [-0.05, 0) is 0 Å². The van der Waals surface area contributed by atoms with Crippen LogP contribution in [0.25, 0.3) is 0 Å². The van der Waals surface area contributed by atoms with E-state index < -0.39 is 9.17 Å². The fourth-order valence-corrected chi connectivity index (χ4v) is 0. The van der Waals surface area contributed by atoms with Gasteiger partial charge < -0.3 is 36.0 Å². The van der Waals surface area contributed by atoms with Crippen molar-refractivity contribution in [1.29, 1.82) is 0 Å². The molecule has 0 fully saturated rings. The maximum absolute atomic E-state index is 8.52. The van der Waals surface area contributed by atoms with E-state index in [2.05, 4.69) is 0 Å². The van der Waals surface area contributed by atoms with Gasteiger partial charge in [0.15, 0.2) is 0 Å². The second-order valence-corrected chi connectivity index (χ2v) is 0.750. The first-order valence-electron chi connectivity index (χ1n) is 0.612. The average molecular weight is 297 g/mol. The summed E-state index contributed by atoms with van der Waals surface area (Å²) in [6.07, 6.45) is 0. The van der Waals surface area contributed by atoms with Gasteiger partial charge in [-0.25, -0.2) is 0 Å². The van der Waals surface area contributed by atoms with Crippen LogP contribution in [0.2, 0.25) is 0 Å². The Hall–Kier alpha value is 2.25. The Kier molecular flexibility index (Phi) is 546. The van der Waals surface area contributed by atoms with Crippen LogP contribution < -0.4 is 47.3 Å². The molecule has 0 aliphatic heterocycles. The summed E-state index contributed by atoms with van der Waals surface area (Å²) in [6, 6.07) is 0. The van der Waals surface area contributed by atoms with E-state index in [-0.39, 0.29) is 108 Å².